The third kappa shape index (κ3) is 6.59. The number of thioether (sulfide) groups is 1. The predicted molar refractivity (Wildman–Crippen MR) is 86.7 cm³/mol. The molecule has 6 heteroatoms. The number of rotatable bonds is 9. The van der Waals surface area contributed by atoms with E-state index in [9.17, 15) is 9.59 Å². The molecule has 1 aliphatic carbocycles. The molecule has 0 saturated heterocycles. The lowest BCUT2D eigenvalue weighted by Crippen LogP contribution is -2.48. The van der Waals surface area contributed by atoms with Gasteiger partial charge in [0.05, 0.1) is 0 Å². The summed E-state index contributed by atoms with van der Waals surface area (Å²) in [4.78, 5) is 22.7. The van der Waals surface area contributed by atoms with Gasteiger partial charge in [-0.05, 0) is 37.4 Å². The lowest BCUT2D eigenvalue weighted by Gasteiger charge is -2.40. The van der Waals surface area contributed by atoms with Gasteiger partial charge in [0.1, 0.15) is 0 Å². The molecular weight excluding hydrogens is 288 g/mol. The van der Waals surface area contributed by atoms with E-state index in [1.165, 1.54) is 6.42 Å². The minimum Gasteiger partial charge on any atom is -0.481 e. The van der Waals surface area contributed by atoms with Crippen molar-refractivity contribution in [3.05, 3.63) is 0 Å². The van der Waals surface area contributed by atoms with Gasteiger partial charge in [-0.3, -0.25) is 4.79 Å². The van der Waals surface area contributed by atoms with Crippen molar-refractivity contribution in [1.82, 2.24) is 10.6 Å². The molecule has 3 N–H and O–H groups in total. The van der Waals surface area contributed by atoms with Crippen molar-refractivity contribution in [2.24, 2.45) is 11.8 Å². The van der Waals surface area contributed by atoms with Crippen LogP contribution in [0.1, 0.15) is 46.0 Å². The second-order valence-corrected chi connectivity index (χ2v) is 7.67. The van der Waals surface area contributed by atoms with Gasteiger partial charge >= 0.3 is 12.0 Å². The number of urea groups is 1. The van der Waals surface area contributed by atoms with Crippen LogP contribution in [0.5, 0.6) is 0 Å². The summed E-state index contributed by atoms with van der Waals surface area (Å²) >= 11 is 1.82. The monoisotopic (exact) mass is 316 g/mol. The van der Waals surface area contributed by atoms with Crippen molar-refractivity contribution in [3.63, 3.8) is 0 Å². The van der Waals surface area contributed by atoms with Gasteiger partial charge in [-0.2, -0.15) is 11.8 Å². The van der Waals surface area contributed by atoms with Crippen molar-refractivity contribution >= 4 is 23.8 Å². The van der Waals surface area contributed by atoms with Crippen LogP contribution >= 0.6 is 11.8 Å². The van der Waals surface area contributed by atoms with E-state index in [2.05, 4.69) is 30.7 Å². The molecule has 1 aliphatic rings. The molecule has 122 valence electrons. The third-order valence-electron chi connectivity index (χ3n) is 4.09. The summed E-state index contributed by atoms with van der Waals surface area (Å²) in [7, 11) is 0. The van der Waals surface area contributed by atoms with E-state index < -0.39 is 5.97 Å². The van der Waals surface area contributed by atoms with Crippen molar-refractivity contribution in [2.75, 3.05) is 19.3 Å². The highest BCUT2D eigenvalue weighted by atomic mass is 32.2. The van der Waals surface area contributed by atoms with Crippen LogP contribution in [-0.2, 0) is 4.79 Å². The maximum Gasteiger partial charge on any atom is 0.314 e. The number of amides is 2. The Hall–Kier alpha value is -0.910. The van der Waals surface area contributed by atoms with Crippen LogP contribution in [0.2, 0.25) is 0 Å². The van der Waals surface area contributed by atoms with E-state index in [-0.39, 0.29) is 23.1 Å². The van der Waals surface area contributed by atoms with Gasteiger partial charge in [0, 0.05) is 24.3 Å². The first-order valence-corrected chi connectivity index (χ1v) is 8.88. The molecule has 0 aromatic heterocycles. The summed E-state index contributed by atoms with van der Waals surface area (Å²) in [5, 5.41) is 14.6. The minimum atomic E-state index is -0.807. The van der Waals surface area contributed by atoms with Crippen LogP contribution in [-0.4, -0.2) is 41.2 Å². The molecule has 0 bridgehead atoms. The largest absolute Gasteiger partial charge is 0.481 e. The molecule has 0 unspecified atom stereocenters. The molecule has 21 heavy (non-hydrogen) atoms. The summed E-state index contributed by atoms with van der Waals surface area (Å²) in [5.74, 6) is -0.390. The average Bonchev–Trinajstić information content (AvgIpc) is 2.34. The summed E-state index contributed by atoms with van der Waals surface area (Å²) in [6.07, 6.45) is 6.55. The lowest BCUT2D eigenvalue weighted by atomic mass is 9.84. The molecular formula is C15H28N2O3S. The highest BCUT2D eigenvalue weighted by Gasteiger charge is 2.36. The molecule has 1 atom stereocenters. The Kier molecular flexibility index (Phi) is 7.35. The zero-order chi connectivity index (χ0) is 15.9. The highest BCUT2D eigenvalue weighted by Crippen LogP contribution is 2.42. The van der Waals surface area contributed by atoms with Crippen LogP contribution < -0.4 is 10.6 Å². The molecule has 0 aromatic rings. The number of carbonyl (C=O) groups is 2. The molecule has 2 amide bonds. The molecule has 5 nitrogen and oxygen atoms in total. The highest BCUT2D eigenvalue weighted by molar-refractivity contribution is 8.00. The van der Waals surface area contributed by atoms with Gasteiger partial charge in [-0.15, -0.1) is 0 Å². The molecule has 1 fully saturated rings. The van der Waals surface area contributed by atoms with Gasteiger partial charge in [-0.25, -0.2) is 4.79 Å². The third-order valence-corrected chi connectivity index (χ3v) is 5.51. The van der Waals surface area contributed by atoms with Crippen LogP contribution in [0.4, 0.5) is 4.79 Å². The average molecular weight is 316 g/mol. The molecule has 0 aromatic carbocycles. The molecule has 0 spiro atoms. The van der Waals surface area contributed by atoms with E-state index >= 15 is 0 Å². The van der Waals surface area contributed by atoms with Crippen LogP contribution in [0.25, 0.3) is 0 Å². The molecule has 0 radical (unpaired) electrons. The van der Waals surface area contributed by atoms with Gasteiger partial charge in [-0.1, -0.05) is 20.3 Å². The number of hydrogen-bond acceptors (Lipinski definition) is 3. The number of carbonyl (C=O) groups excluding carboxylic acids is 1. The fourth-order valence-electron chi connectivity index (χ4n) is 2.72. The minimum absolute atomic E-state index is 0.00790. The number of carboxylic acid groups (broad SMARTS) is 1. The summed E-state index contributed by atoms with van der Waals surface area (Å²) in [6.45, 7) is 5.23. The van der Waals surface area contributed by atoms with Crippen molar-refractivity contribution in [3.8, 4) is 0 Å². The number of aliphatic carboxylic acids is 1. The summed E-state index contributed by atoms with van der Waals surface area (Å²) in [5.41, 5.74) is 0. The number of carboxylic acids is 1. The second kappa shape index (κ2) is 8.51. The number of hydrogen-bond donors (Lipinski definition) is 3. The SMILES string of the molecule is CSC1(CNC(=O)NC[C@H](CC(=O)O)CC(C)C)CCC1. The topological polar surface area (TPSA) is 78.4 Å². The Labute approximate surface area is 131 Å². The molecule has 0 heterocycles. The fourth-order valence-corrected chi connectivity index (χ4v) is 3.63. The summed E-state index contributed by atoms with van der Waals surface area (Å²) in [6, 6.07) is -0.186. The standard InChI is InChI=1S/C15H28N2O3S/c1-11(2)7-12(8-13(18)19)9-16-14(20)17-10-15(21-3)5-4-6-15/h11-12H,4-10H2,1-3H3,(H,18,19)(H2,16,17,20)/t12-/m0/s1. The van der Waals surface area contributed by atoms with Crippen molar-refractivity contribution in [1.29, 1.82) is 0 Å². The van der Waals surface area contributed by atoms with Crippen molar-refractivity contribution in [2.45, 2.75) is 50.7 Å². The Bertz CT molecular complexity index is 351. The Morgan fingerprint density at radius 2 is 1.95 bits per heavy atom. The number of nitrogens with one attached hydrogen (secondary N) is 2. The van der Waals surface area contributed by atoms with Crippen molar-refractivity contribution < 1.29 is 14.7 Å². The van der Waals surface area contributed by atoms with Crippen LogP contribution in [0.15, 0.2) is 0 Å². The summed E-state index contributed by atoms with van der Waals surface area (Å²) < 4.78 is 0.218. The quantitative estimate of drug-likeness (QED) is 0.611. The Morgan fingerprint density at radius 3 is 2.38 bits per heavy atom. The van der Waals surface area contributed by atoms with Gasteiger partial charge in [0.2, 0.25) is 0 Å². The Balaban J connectivity index is 2.30. The van der Waals surface area contributed by atoms with E-state index in [4.69, 9.17) is 5.11 Å². The van der Waals surface area contributed by atoms with Gasteiger partial charge in [0.25, 0.3) is 0 Å². The van der Waals surface area contributed by atoms with E-state index in [1.807, 2.05) is 11.8 Å². The van der Waals surface area contributed by atoms with Crippen LogP contribution in [0, 0.1) is 11.8 Å². The maximum atomic E-state index is 11.8. The van der Waals surface area contributed by atoms with Gasteiger partial charge in [0.15, 0.2) is 0 Å². The molecule has 1 saturated carbocycles. The normalized spacial score (nSPS) is 17.9. The zero-order valence-corrected chi connectivity index (χ0v) is 14.1. The van der Waals surface area contributed by atoms with E-state index in [0.717, 1.165) is 19.3 Å². The Morgan fingerprint density at radius 1 is 1.29 bits per heavy atom. The molecule has 1 rings (SSSR count). The first-order chi connectivity index (χ1) is 9.87. The second-order valence-electron chi connectivity index (χ2n) is 6.40. The van der Waals surface area contributed by atoms with Crippen LogP contribution in [0.3, 0.4) is 0 Å². The fraction of sp³-hybridized carbons (Fsp3) is 0.867. The molecule has 0 aliphatic heterocycles. The smallest absolute Gasteiger partial charge is 0.314 e. The predicted octanol–water partition coefficient (Wildman–Crippen LogP) is 2.71. The maximum absolute atomic E-state index is 11.8. The lowest BCUT2D eigenvalue weighted by molar-refractivity contribution is -0.138. The van der Waals surface area contributed by atoms with E-state index in [1.54, 1.807) is 0 Å². The first kappa shape index (κ1) is 18.1. The zero-order valence-electron chi connectivity index (χ0n) is 13.3. The van der Waals surface area contributed by atoms with Gasteiger partial charge < -0.3 is 15.7 Å². The van der Waals surface area contributed by atoms with E-state index in [0.29, 0.717) is 19.0 Å². The first-order valence-electron chi connectivity index (χ1n) is 7.65.